The summed E-state index contributed by atoms with van der Waals surface area (Å²) in [7, 11) is -3.49. The molecule has 12 nitrogen and oxygen atoms in total. The van der Waals surface area contributed by atoms with Gasteiger partial charge in [0.05, 0.1) is 23.1 Å². The van der Waals surface area contributed by atoms with E-state index < -0.39 is 68.1 Å². The normalized spacial score (nSPS) is 22.7. The summed E-state index contributed by atoms with van der Waals surface area (Å²) in [4.78, 5) is 52.4. The lowest BCUT2D eigenvalue weighted by Crippen LogP contribution is -2.65. The summed E-state index contributed by atoms with van der Waals surface area (Å²) in [6.45, 7) is 10.4. The third-order valence-corrected chi connectivity index (χ3v) is 11.3. The predicted molar refractivity (Wildman–Crippen MR) is 159 cm³/mol. The summed E-state index contributed by atoms with van der Waals surface area (Å²) in [5.74, 6) is -2.46. The summed E-state index contributed by atoms with van der Waals surface area (Å²) in [6, 6.07) is -1.68. The van der Waals surface area contributed by atoms with Crippen molar-refractivity contribution in [3.05, 3.63) is 0 Å². The summed E-state index contributed by atoms with van der Waals surface area (Å²) in [5.41, 5.74) is -1.51. The molecule has 3 aliphatic rings. The van der Waals surface area contributed by atoms with E-state index >= 15 is 0 Å². The van der Waals surface area contributed by atoms with Crippen molar-refractivity contribution in [2.24, 2.45) is 5.41 Å². The number of carbonyl (C=O) groups excluding carboxylic acids is 4. The number of aliphatic hydroxyl groups excluding tert-OH is 1. The van der Waals surface area contributed by atoms with Crippen LogP contribution in [0.3, 0.4) is 0 Å². The van der Waals surface area contributed by atoms with Crippen LogP contribution in [0, 0.1) is 5.41 Å². The number of carbonyl (C=O) groups is 4. The van der Waals surface area contributed by atoms with E-state index in [0.29, 0.717) is 32.2 Å². The molecular weight excluding hydrogens is 562 g/mol. The Hall–Kier alpha value is -2.09. The predicted octanol–water partition coefficient (Wildman–Crippen LogP) is 0.727. The molecule has 1 unspecified atom stereocenters. The zero-order chi connectivity index (χ0) is 31.5. The van der Waals surface area contributed by atoms with Crippen molar-refractivity contribution < 1.29 is 32.7 Å². The number of Topliss-reactive ketones (excluding diaryl/α,β-unsaturated/α-hetero) is 1. The SMILES string of the molecule is CC(C)(C)[C@H](NC(O)NC1(CS(=O)(=O)C(C)(C)C)CCCCC1)C(=O)N1CCC[C@H]1C(=O)NCC(=O)C(=O)NC1CC1. The van der Waals surface area contributed by atoms with Crippen molar-refractivity contribution in [1.82, 2.24) is 26.2 Å². The molecular formula is C29H51N5O7S. The molecule has 3 rings (SSSR count). The minimum absolute atomic E-state index is 0.0302. The molecule has 0 spiro atoms. The molecule has 240 valence electrons. The van der Waals surface area contributed by atoms with Crippen molar-refractivity contribution in [3.8, 4) is 0 Å². The number of aliphatic hydroxyl groups is 1. The van der Waals surface area contributed by atoms with Gasteiger partial charge in [-0.15, -0.1) is 0 Å². The number of hydrogen-bond acceptors (Lipinski definition) is 9. The van der Waals surface area contributed by atoms with Crippen molar-refractivity contribution in [2.45, 2.75) is 134 Å². The zero-order valence-corrected chi connectivity index (χ0v) is 26.9. The van der Waals surface area contributed by atoms with Crippen LogP contribution in [0.5, 0.6) is 0 Å². The van der Waals surface area contributed by atoms with Crippen molar-refractivity contribution in [1.29, 1.82) is 0 Å². The molecule has 0 radical (unpaired) electrons. The minimum Gasteiger partial charge on any atom is -0.365 e. The van der Waals surface area contributed by atoms with Gasteiger partial charge in [0.1, 0.15) is 6.04 Å². The van der Waals surface area contributed by atoms with Crippen LogP contribution in [0.4, 0.5) is 0 Å². The molecule has 1 heterocycles. The molecule has 1 aliphatic heterocycles. The molecule has 42 heavy (non-hydrogen) atoms. The molecule has 0 aromatic carbocycles. The third kappa shape index (κ3) is 8.96. The largest absolute Gasteiger partial charge is 0.365 e. The molecule has 3 fully saturated rings. The molecule has 3 atom stereocenters. The highest BCUT2D eigenvalue weighted by atomic mass is 32.2. The fourth-order valence-corrected chi connectivity index (χ4v) is 7.18. The number of sulfone groups is 1. The van der Waals surface area contributed by atoms with E-state index in [4.69, 9.17) is 0 Å². The average Bonchev–Trinajstić information content (AvgIpc) is 3.54. The Morgan fingerprint density at radius 2 is 1.57 bits per heavy atom. The second kappa shape index (κ2) is 13.3. The number of ketones is 1. The van der Waals surface area contributed by atoms with Crippen LogP contribution < -0.4 is 21.3 Å². The number of likely N-dealkylation sites (tertiary alicyclic amines) is 1. The van der Waals surface area contributed by atoms with Gasteiger partial charge < -0.3 is 20.6 Å². The number of nitrogens with zero attached hydrogens (tertiary/aromatic N) is 1. The molecule has 0 aromatic heterocycles. The van der Waals surface area contributed by atoms with Gasteiger partial charge >= 0.3 is 0 Å². The molecule has 3 amide bonds. The highest BCUT2D eigenvalue weighted by Gasteiger charge is 2.45. The van der Waals surface area contributed by atoms with E-state index in [1.807, 2.05) is 20.8 Å². The van der Waals surface area contributed by atoms with Gasteiger partial charge in [-0.3, -0.25) is 29.8 Å². The van der Waals surface area contributed by atoms with Crippen molar-refractivity contribution in [3.63, 3.8) is 0 Å². The lowest BCUT2D eigenvalue weighted by molar-refractivity contribution is -0.144. The molecule has 0 bridgehead atoms. The number of rotatable bonds is 12. The van der Waals surface area contributed by atoms with Gasteiger partial charge in [0.25, 0.3) is 5.91 Å². The lowest BCUT2D eigenvalue weighted by Gasteiger charge is -2.43. The monoisotopic (exact) mass is 613 g/mol. The molecule has 13 heteroatoms. The maximum Gasteiger partial charge on any atom is 0.289 e. The Kier molecular flexibility index (Phi) is 10.9. The van der Waals surface area contributed by atoms with Gasteiger partial charge in [0.15, 0.2) is 16.2 Å². The first-order valence-electron chi connectivity index (χ1n) is 15.2. The van der Waals surface area contributed by atoms with Crippen LogP contribution >= 0.6 is 0 Å². The number of nitrogens with one attached hydrogen (secondary N) is 4. The van der Waals surface area contributed by atoms with Crippen LogP contribution in [0.15, 0.2) is 0 Å². The zero-order valence-electron chi connectivity index (χ0n) is 26.0. The van der Waals surface area contributed by atoms with E-state index in [0.717, 1.165) is 32.1 Å². The van der Waals surface area contributed by atoms with E-state index in [1.165, 1.54) is 4.90 Å². The van der Waals surface area contributed by atoms with Crippen molar-refractivity contribution in [2.75, 3.05) is 18.8 Å². The first-order valence-corrected chi connectivity index (χ1v) is 16.9. The highest BCUT2D eigenvalue weighted by Crippen LogP contribution is 2.33. The highest BCUT2D eigenvalue weighted by molar-refractivity contribution is 7.92. The van der Waals surface area contributed by atoms with Gasteiger partial charge in [-0.2, -0.15) is 0 Å². The summed E-state index contributed by atoms with van der Waals surface area (Å²) >= 11 is 0. The van der Waals surface area contributed by atoms with Gasteiger partial charge in [-0.05, 0) is 64.7 Å². The number of hydrogen-bond donors (Lipinski definition) is 5. The lowest BCUT2D eigenvalue weighted by atomic mass is 9.83. The van der Waals surface area contributed by atoms with Crippen molar-refractivity contribution >= 4 is 33.3 Å². The molecule has 2 aliphatic carbocycles. The van der Waals surface area contributed by atoms with Crippen LogP contribution in [0.1, 0.15) is 99.3 Å². The Morgan fingerprint density at radius 3 is 2.12 bits per heavy atom. The number of amides is 3. The van der Waals surface area contributed by atoms with E-state index in [1.54, 1.807) is 20.8 Å². The summed E-state index contributed by atoms with van der Waals surface area (Å²) < 4.78 is 25.4. The fourth-order valence-electron chi connectivity index (χ4n) is 5.65. The quantitative estimate of drug-likeness (QED) is 0.157. The maximum absolute atomic E-state index is 13.9. The average molecular weight is 614 g/mol. The van der Waals surface area contributed by atoms with E-state index in [2.05, 4.69) is 21.3 Å². The Bertz CT molecular complexity index is 1120. The molecule has 0 aromatic rings. The van der Waals surface area contributed by atoms with Gasteiger partial charge in [-0.1, -0.05) is 40.0 Å². The maximum atomic E-state index is 13.9. The van der Waals surface area contributed by atoms with Gasteiger partial charge in [0.2, 0.25) is 17.6 Å². The molecule has 5 N–H and O–H groups in total. The van der Waals surface area contributed by atoms with Gasteiger partial charge in [-0.25, -0.2) is 8.42 Å². The fraction of sp³-hybridized carbons (Fsp3) is 0.862. The van der Waals surface area contributed by atoms with Crippen LogP contribution in [0.2, 0.25) is 0 Å². The van der Waals surface area contributed by atoms with Crippen LogP contribution in [0.25, 0.3) is 0 Å². The molecule has 1 saturated heterocycles. The second-order valence-electron chi connectivity index (χ2n) is 14.3. The topological polar surface area (TPSA) is 174 Å². The standard InChI is InChI=1S/C29H51N5O7S/c1-27(2,3)22(32-26(39)33-29(14-8-7-9-15-29)18-42(40,41)28(4,5)6)25(38)34-16-10-11-20(34)23(36)30-17-21(35)24(37)31-19-12-13-19/h19-20,22,26,32-33,39H,7-18H2,1-6H3,(H,30,36)(H,31,37)/t20-,22+,26?/m0/s1. The van der Waals surface area contributed by atoms with Crippen LogP contribution in [-0.2, 0) is 29.0 Å². The minimum atomic E-state index is -3.49. The van der Waals surface area contributed by atoms with Crippen LogP contribution in [-0.4, -0.2) is 95.5 Å². The third-order valence-electron chi connectivity index (χ3n) is 8.52. The smallest absolute Gasteiger partial charge is 0.289 e. The van der Waals surface area contributed by atoms with E-state index in [-0.39, 0.29) is 17.7 Å². The Balaban J connectivity index is 1.68. The van der Waals surface area contributed by atoms with Gasteiger partial charge in [0, 0.05) is 18.1 Å². The first kappa shape index (κ1) is 34.4. The molecule has 2 saturated carbocycles. The Labute approximate surface area is 250 Å². The summed E-state index contributed by atoms with van der Waals surface area (Å²) in [6.07, 6.45) is 5.12. The first-order chi connectivity index (χ1) is 19.4. The summed E-state index contributed by atoms with van der Waals surface area (Å²) in [5, 5.41) is 22.4. The van der Waals surface area contributed by atoms with E-state index in [9.17, 15) is 32.7 Å². The second-order valence-corrected chi connectivity index (χ2v) is 17.0. The Morgan fingerprint density at radius 1 is 0.952 bits per heavy atom.